The monoisotopic (exact) mass is 496 g/mol. The molecule has 0 amide bonds. The van der Waals surface area contributed by atoms with Crippen LogP contribution in [-0.4, -0.2) is 0 Å². The lowest BCUT2D eigenvalue weighted by molar-refractivity contribution is 0.679. The molecular formula is C39H28. The number of fused-ring (bicyclic) bond motifs is 10. The van der Waals surface area contributed by atoms with Crippen LogP contribution in [0.25, 0.3) is 54.6 Å². The van der Waals surface area contributed by atoms with Crippen LogP contribution in [0.5, 0.6) is 0 Å². The van der Waals surface area contributed by atoms with Crippen LogP contribution in [0.4, 0.5) is 0 Å². The fourth-order valence-electron chi connectivity index (χ4n) is 6.93. The predicted molar refractivity (Wildman–Crippen MR) is 166 cm³/mol. The van der Waals surface area contributed by atoms with Gasteiger partial charge in [0.15, 0.2) is 0 Å². The minimum absolute atomic E-state index is 0.415. The molecule has 0 bridgehead atoms. The molecule has 0 nitrogen and oxygen atoms in total. The van der Waals surface area contributed by atoms with E-state index in [4.69, 9.17) is 0 Å². The summed E-state index contributed by atoms with van der Waals surface area (Å²) in [4.78, 5) is 0. The van der Waals surface area contributed by atoms with E-state index in [1.807, 2.05) is 0 Å². The average Bonchev–Trinajstić information content (AvgIpc) is 3.01. The molecule has 1 aliphatic rings. The largest absolute Gasteiger partial charge is 0.0622 e. The minimum Gasteiger partial charge on any atom is -0.0622 e. The molecule has 1 unspecified atom stereocenters. The maximum Gasteiger partial charge on any atom is -0.00204 e. The van der Waals surface area contributed by atoms with Crippen molar-refractivity contribution in [3.8, 4) is 22.3 Å². The van der Waals surface area contributed by atoms with Gasteiger partial charge in [-0.15, -0.1) is 0 Å². The SMILES string of the molecule is c1ccc(-c2ccc(CC3Cc4ccccc4-c4c3c3ccccc3c3c4ccc4ccccc43)cc2)cc1. The normalized spacial score (nSPS) is 14.4. The van der Waals surface area contributed by atoms with E-state index in [0.29, 0.717) is 5.92 Å². The molecule has 7 aromatic rings. The highest BCUT2D eigenvalue weighted by atomic mass is 14.3. The minimum atomic E-state index is 0.415. The van der Waals surface area contributed by atoms with Crippen molar-refractivity contribution < 1.29 is 0 Å². The van der Waals surface area contributed by atoms with Crippen LogP contribution < -0.4 is 0 Å². The highest BCUT2D eigenvalue weighted by Crippen LogP contribution is 2.50. The Balaban J connectivity index is 1.36. The number of hydrogen-bond donors (Lipinski definition) is 0. The number of benzene rings is 7. The molecule has 0 heteroatoms. The summed E-state index contributed by atoms with van der Waals surface area (Å²) < 4.78 is 0. The van der Waals surface area contributed by atoms with Crippen molar-refractivity contribution in [3.05, 3.63) is 156 Å². The second-order valence-electron chi connectivity index (χ2n) is 10.9. The molecule has 0 aromatic heterocycles. The van der Waals surface area contributed by atoms with Crippen LogP contribution in [-0.2, 0) is 12.8 Å². The first-order valence-electron chi connectivity index (χ1n) is 13.9. The summed E-state index contributed by atoms with van der Waals surface area (Å²) >= 11 is 0. The van der Waals surface area contributed by atoms with Gasteiger partial charge in [-0.25, -0.2) is 0 Å². The summed E-state index contributed by atoms with van der Waals surface area (Å²) in [5.41, 5.74) is 9.74. The maximum atomic E-state index is 2.37. The van der Waals surface area contributed by atoms with Gasteiger partial charge in [0.1, 0.15) is 0 Å². The lowest BCUT2D eigenvalue weighted by atomic mass is 9.72. The van der Waals surface area contributed by atoms with Crippen LogP contribution in [0.15, 0.2) is 140 Å². The van der Waals surface area contributed by atoms with Gasteiger partial charge in [-0.1, -0.05) is 140 Å². The Kier molecular flexibility index (Phi) is 5.13. The van der Waals surface area contributed by atoms with Gasteiger partial charge in [-0.3, -0.25) is 0 Å². The fraction of sp³-hybridized carbons (Fsp3) is 0.0769. The smallest absolute Gasteiger partial charge is 0.00204 e. The van der Waals surface area contributed by atoms with Gasteiger partial charge >= 0.3 is 0 Å². The molecule has 0 heterocycles. The van der Waals surface area contributed by atoms with E-state index < -0.39 is 0 Å². The summed E-state index contributed by atoms with van der Waals surface area (Å²) in [7, 11) is 0. The third kappa shape index (κ3) is 3.60. The first-order chi connectivity index (χ1) is 19.3. The standard InChI is InChI=1S/C39H28/c1-2-10-27(11-3-1)28-20-18-26(19-21-28)24-31-25-30-13-5-7-15-33(30)39-36-23-22-29-12-4-6-14-32(29)38(36)35-17-9-8-16-34(35)37(31)39/h1-23,31H,24-25H2. The van der Waals surface area contributed by atoms with E-state index in [2.05, 4.69) is 140 Å². The summed E-state index contributed by atoms with van der Waals surface area (Å²) in [6, 6.07) is 51.6. The molecule has 0 saturated carbocycles. The molecule has 0 aliphatic heterocycles. The van der Waals surface area contributed by atoms with Crippen LogP contribution in [0, 0.1) is 0 Å². The molecule has 8 rings (SSSR count). The van der Waals surface area contributed by atoms with Crippen molar-refractivity contribution in [2.24, 2.45) is 0 Å². The molecule has 7 aromatic carbocycles. The molecule has 0 radical (unpaired) electrons. The van der Waals surface area contributed by atoms with Crippen molar-refractivity contribution in [2.75, 3.05) is 0 Å². The number of hydrogen-bond acceptors (Lipinski definition) is 0. The van der Waals surface area contributed by atoms with Crippen molar-refractivity contribution in [3.63, 3.8) is 0 Å². The highest BCUT2D eigenvalue weighted by molar-refractivity contribution is 6.25. The lowest BCUT2D eigenvalue weighted by Gasteiger charge is -2.31. The second kappa shape index (κ2) is 8.96. The van der Waals surface area contributed by atoms with E-state index in [0.717, 1.165) is 12.8 Å². The van der Waals surface area contributed by atoms with Crippen molar-refractivity contribution in [2.45, 2.75) is 18.8 Å². The third-order valence-electron chi connectivity index (χ3n) is 8.66. The van der Waals surface area contributed by atoms with E-state index in [1.54, 1.807) is 0 Å². The summed E-state index contributed by atoms with van der Waals surface area (Å²) in [6.45, 7) is 0. The van der Waals surface area contributed by atoms with Crippen molar-refractivity contribution in [1.29, 1.82) is 0 Å². The third-order valence-corrected chi connectivity index (χ3v) is 8.66. The molecule has 0 N–H and O–H groups in total. The Morgan fingerprint density at radius 3 is 2.00 bits per heavy atom. The van der Waals surface area contributed by atoms with Gasteiger partial charge in [0.2, 0.25) is 0 Å². The van der Waals surface area contributed by atoms with Gasteiger partial charge in [-0.2, -0.15) is 0 Å². The Labute approximate surface area is 229 Å². The molecule has 1 aliphatic carbocycles. The van der Waals surface area contributed by atoms with Gasteiger partial charge in [0, 0.05) is 0 Å². The van der Waals surface area contributed by atoms with Crippen molar-refractivity contribution in [1.82, 2.24) is 0 Å². The van der Waals surface area contributed by atoms with Gasteiger partial charge in [-0.05, 0) is 90.0 Å². The van der Waals surface area contributed by atoms with Crippen molar-refractivity contribution >= 4 is 32.3 Å². The van der Waals surface area contributed by atoms with Crippen LogP contribution in [0.3, 0.4) is 0 Å². The van der Waals surface area contributed by atoms with E-state index >= 15 is 0 Å². The fourth-order valence-corrected chi connectivity index (χ4v) is 6.93. The summed E-state index contributed by atoms with van der Waals surface area (Å²) in [5.74, 6) is 0.415. The van der Waals surface area contributed by atoms with Crippen LogP contribution in [0.1, 0.15) is 22.6 Å². The van der Waals surface area contributed by atoms with Gasteiger partial charge in [0.25, 0.3) is 0 Å². The first-order valence-corrected chi connectivity index (χ1v) is 13.9. The van der Waals surface area contributed by atoms with E-state index in [-0.39, 0.29) is 0 Å². The maximum absolute atomic E-state index is 2.37. The van der Waals surface area contributed by atoms with E-state index in [1.165, 1.54) is 71.3 Å². The summed E-state index contributed by atoms with van der Waals surface area (Å²) in [6.07, 6.45) is 2.09. The number of rotatable bonds is 3. The lowest BCUT2D eigenvalue weighted by Crippen LogP contribution is -2.15. The summed E-state index contributed by atoms with van der Waals surface area (Å²) in [5, 5.41) is 8.16. The Morgan fingerprint density at radius 1 is 0.487 bits per heavy atom. The quantitative estimate of drug-likeness (QED) is 0.213. The zero-order chi connectivity index (χ0) is 25.8. The topological polar surface area (TPSA) is 0 Å². The van der Waals surface area contributed by atoms with Gasteiger partial charge < -0.3 is 0 Å². The van der Waals surface area contributed by atoms with Crippen LogP contribution >= 0.6 is 0 Å². The molecule has 184 valence electrons. The Bertz CT molecular complexity index is 2000. The molecule has 0 saturated heterocycles. The molecule has 0 fully saturated rings. The molecule has 0 spiro atoms. The zero-order valence-corrected chi connectivity index (χ0v) is 21.8. The van der Waals surface area contributed by atoms with E-state index in [9.17, 15) is 0 Å². The highest BCUT2D eigenvalue weighted by Gasteiger charge is 2.29. The van der Waals surface area contributed by atoms with Gasteiger partial charge in [0.05, 0.1) is 0 Å². The second-order valence-corrected chi connectivity index (χ2v) is 10.9. The Hall–Kier alpha value is -4.68. The molecule has 39 heavy (non-hydrogen) atoms. The molecular weight excluding hydrogens is 468 g/mol. The molecule has 1 atom stereocenters. The van der Waals surface area contributed by atoms with Crippen LogP contribution in [0.2, 0.25) is 0 Å². The predicted octanol–water partition coefficient (Wildman–Crippen LogP) is 10.4. The average molecular weight is 497 g/mol. The first kappa shape index (κ1) is 22.3. The Morgan fingerprint density at radius 2 is 1.15 bits per heavy atom. The zero-order valence-electron chi connectivity index (χ0n) is 21.8.